The summed E-state index contributed by atoms with van der Waals surface area (Å²) in [6, 6.07) is 7.39. The SMILES string of the molecule is COc1ccc(/C=C2\SC(=S)N(CC(=O)NN3CCN(C)CC3)C2=O)cc1. The molecule has 0 aromatic heterocycles. The van der Waals surface area contributed by atoms with Crippen molar-refractivity contribution in [2.45, 2.75) is 0 Å². The van der Waals surface area contributed by atoms with E-state index >= 15 is 0 Å². The molecule has 2 saturated heterocycles. The Morgan fingerprint density at radius 3 is 2.56 bits per heavy atom. The summed E-state index contributed by atoms with van der Waals surface area (Å²) in [6.07, 6.45) is 1.77. The van der Waals surface area contributed by atoms with Gasteiger partial charge in [0.2, 0.25) is 0 Å². The lowest BCUT2D eigenvalue weighted by Gasteiger charge is -2.32. The van der Waals surface area contributed by atoms with Gasteiger partial charge in [-0.3, -0.25) is 19.9 Å². The van der Waals surface area contributed by atoms with Crippen LogP contribution in [-0.2, 0) is 9.59 Å². The molecule has 2 aliphatic rings. The van der Waals surface area contributed by atoms with Gasteiger partial charge < -0.3 is 9.64 Å². The lowest BCUT2D eigenvalue weighted by molar-refractivity contribution is -0.132. The number of carbonyl (C=O) groups excluding carboxylic acids is 2. The molecule has 0 spiro atoms. The van der Waals surface area contributed by atoms with Crippen LogP contribution in [0.15, 0.2) is 29.2 Å². The molecule has 0 bridgehead atoms. The van der Waals surface area contributed by atoms with Crippen molar-refractivity contribution < 1.29 is 14.3 Å². The van der Waals surface area contributed by atoms with Crippen LogP contribution in [0.3, 0.4) is 0 Å². The summed E-state index contributed by atoms with van der Waals surface area (Å²) >= 11 is 6.51. The highest BCUT2D eigenvalue weighted by molar-refractivity contribution is 8.26. The maximum Gasteiger partial charge on any atom is 0.266 e. The maximum absolute atomic E-state index is 12.6. The van der Waals surface area contributed by atoms with Gasteiger partial charge in [0, 0.05) is 26.2 Å². The van der Waals surface area contributed by atoms with Gasteiger partial charge >= 0.3 is 0 Å². The number of thiocarbonyl (C=S) groups is 1. The van der Waals surface area contributed by atoms with Gasteiger partial charge in [-0.05, 0) is 30.8 Å². The van der Waals surface area contributed by atoms with Gasteiger partial charge in [0.1, 0.15) is 16.6 Å². The number of amides is 2. The number of likely N-dealkylation sites (N-methyl/N-ethyl adjacent to an activating group) is 1. The Labute approximate surface area is 168 Å². The summed E-state index contributed by atoms with van der Waals surface area (Å²) in [5, 5.41) is 1.88. The number of hydrogen-bond donors (Lipinski definition) is 1. The van der Waals surface area contributed by atoms with Crippen molar-refractivity contribution in [2.75, 3.05) is 46.9 Å². The first-order valence-electron chi connectivity index (χ1n) is 8.58. The molecule has 3 rings (SSSR count). The van der Waals surface area contributed by atoms with Crippen LogP contribution in [-0.4, -0.2) is 77.8 Å². The number of carbonyl (C=O) groups is 2. The van der Waals surface area contributed by atoms with E-state index in [0.717, 1.165) is 37.5 Å². The van der Waals surface area contributed by atoms with E-state index in [9.17, 15) is 9.59 Å². The quantitative estimate of drug-likeness (QED) is 0.582. The van der Waals surface area contributed by atoms with Crippen LogP contribution >= 0.6 is 24.0 Å². The van der Waals surface area contributed by atoms with Gasteiger partial charge in [0.15, 0.2) is 0 Å². The molecule has 9 heteroatoms. The summed E-state index contributed by atoms with van der Waals surface area (Å²) in [6.45, 7) is 3.24. The Morgan fingerprint density at radius 1 is 1.26 bits per heavy atom. The standard InChI is InChI=1S/C18H22N4O3S2/c1-20-7-9-21(10-8-20)19-16(23)12-22-17(24)15(27-18(22)26)11-13-3-5-14(25-2)6-4-13/h3-6,11H,7-10,12H2,1-2H3,(H,19,23)/b15-11-. The molecule has 7 nitrogen and oxygen atoms in total. The third kappa shape index (κ3) is 5.07. The zero-order valence-corrected chi connectivity index (χ0v) is 16.9. The Bertz CT molecular complexity index is 758. The minimum absolute atomic E-state index is 0.0725. The lowest BCUT2D eigenvalue weighted by Crippen LogP contribution is -2.54. The highest BCUT2D eigenvalue weighted by Crippen LogP contribution is 2.32. The number of hydrazine groups is 1. The average molecular weight is 407 g/mol. The third-order valence-corrected chi connectivity index (χ3v) is 5.75. The van der Waals surface area contributed by atoms with Crippen LogP contribution in [0.4, 0.5) is 0 Å². The van der Waals surface area contributed by atoms with Crippen molar-refractivity contribution in [3.05, 3.63) is 34.7 Å². The monoisotopic (exact) mass is 406 g/mol. The second kappa shape index (κ2) is 8.83. The first-order valence-corrected chi connectivity index (χ1v) is 9.81. The molecule has 1 aromatic rings. The Balaban J connectivity index is 1.60. The molecule has 1 aromatic carbocycles. The van der Waals surface area contributed by atoms with Crippen molar-refractivity contribution in [3.8, 4) is 5.75 Å². The first-order chi connectivity index (χ1) is 13.0. The van der Waals surface area contributed by atoms with E-state index in [1.807, 2.05) is 36.3 Å². The predicted molar refractivity (Wildman–Crippen MR) is 110 cm³/mol. The number of methoxy groups -OCH3 is 1. The van der Waals surface area contributed by atoms with Crippen LogP contribution in [0.25, 0.3) is 6.08 Å². The number of thioether (sulfide) groups is 1. The minimum atomic E-state index is -0.241. The molecule has 27 heavy (non-hydrogen) atoms. The van der Waals surface area contributed by atoms with Crippen molar-refractivity contribution in [3.63, 3.8) is 0 Å². The molecule has 0 atom stereocenters. The van der Waals surface area contributed by atoms with Crippen molar-refractivity contribution in [1.82, 2.24) is 20.2 Å². The van der Waals surface area contributed by atoms with E-state index in [-0.39, 0.29) is 18.4 Å². The van der Waals surface area contributed by atoms with Gasteiger partial charge in [-0.2, -0.15) is 0 Å². The van der Waals surface area contributed by atoms with E-state index in [2.05, 4.69) is 10.3 Å². The van der Waals surface area contributed by atoms with Gasteiger partial charge in [0.25, 0.3) is 11.8 Å². The highest BCUT2D eigenvalue weighted by Gasteiger charge is 2.33. The fraction of sp³-hybridized carbons (Fsp3) is 0.389. The summed E-state index contributed by atoms with van der Waals surface area (Å²) in [5.74, 6) is 0.274. The number of nitrogens with zero attached hydrogens (tertiary/aromatic N) is 3. The average Bonchev–Trinajstić information content (AvgIpc) is 2.91. The van der Waals surface area contributed by atoms with Crippen molar-refractivity contribution in [1.29, 1.82) is 0 Å². The zero-order chi connectivity index (χ0) is 19.4. The number of nitrogens with one attached hydrogen (secondary N) is 1. The number of benzene rings is 1. The fourth-order valence-electron chi connectivity index (χ4n) is 2.76. The molecule has 144 valence electrons. The van der Waals surface area contributed by atoms with E-state index in [1.54, 1.807) is 13.2 Å². The van der Waals surface area contributed by atoms with Crippen LogP contribution < -0.4 is 10.2 Å². The van der Waals surface area contributed by atoms with Crippen LogP contribution in [0.5, 0.6) is 5.75 Å². The third-order valence-electron chi connectivity index (χ3n) is 4.37. The summed E-state index contributed by atoms with van der Waals surface area (Å²) in [4.78, 5) is 29.0. The molecule has 2 aliphatic heterocycles. The summed E-state index contributed by atoms with van der Waals surface area (Å²) < 4.78 is 5.53. The topological polar surface area (TPSA) is 65.1 Å². The smallest absolute Gasteiger partial charge is 0.266 e. The van der Waals surface area contributed by atoms with Gasteiger partial charge in [-0.25, -0.2) is 5.01 Å². The number of piperazine rings is 1. The largest absolute Gasteiger partial charge is 0.497 e. The fourth-order valence-corrected chi connectivity index (χ4v) is 4.02. The normalized spacial score (nSPS) is 20.4. The molecule has 2 fully saturated rings. The lowest BCUT2D eigenvalue weighted by atomic mass is 10.2. The van der Waals surface area contributed by atoms with E-state index in [0.29, 0.717) is 9.23 Å². The minimum Gasteiger partial charge on any atom is -0.497 e. The van der Waals surface area contributed by atoms with Crippen molar-refractivity contribution >= 4 is 46.2 Å². The molecular weight excluding hydrogens is 384 g/mol. The molecule has 0 saturated carbocycles. The van der Waals surface area contributed by atoms with E-state index < -0.39 is 0 Å². The Kier molecular flexibility index (Phi) is 6.48. The van der Waals surface area contributed by atoms with E-state index in [1.165, 1.54) is 16.7 Å². The predicted octanol–water partition coefficient (Wildman–Crippen LogP) is 1.17. The van der Waals surface area contributed by atoms with Crippen molar-refractivity contribution in [2.24, 2.45) is 0 Å². The van der Waals surface area contributed by atoms with E-state index in [4.69, 9.17) is 17.0 Å². The molecule has 2 amide bonds. The molecule has 0 radical (unpaired) electrons. The first kappa shape index (κ1) is 19.8. The Morgan fingerprint density at radius 2 is 1.93 bits per heavy atom. The van der Waals surface area contributed by atoms with Gasteiger partial charge in [-0.1, -0.05) is 36.1 Å². The van der Waals surface area contributed by atoms with Crippen LogP contribution in [0.1, 0.15) is 5.56 Å². The summed E-state index contributed by atoms with van der Waals surface area (Å²) in [5.41, 5.74) is 3.73. The molecular formula is C18H22N4O3S2. The second-order valence-corrected chi connectivity index (χ2v) is 8.04. The van der Waals surface area contributed by atoms with Crippen LogP contribution in [0.2, 0.25) is 0 Å². The number of hydrogen-bond acceptors (Lipinski definition) is 7. The Hall–Kier alpha value is -1.94. The maximum atomic E-state index is 12.6. The second-order valence-electron chi connectivity index (χ2n) is 6.37. The van der Waals surface area contributed by atoms with Gasteiger partial charge in [-0.15, -0.1) is 0 Å². The molecule has 2 heterocycles. The molecule has 1 N–H and O–H groups in total. The highest BCUT2D eigenvalue weighted by atomic mass is 32.2. The van der Waals surface area contributed by atoms with Gasteiger partial charge in [0.05, 0.1) is 12.0 Å². The van der Waals surface area contributed by atoms with Crippen LogP contribution in [0, 0.1) is 0 Å². The number of rotatable bonds is 5. The molecule has 0 unspecified atom stereocenters. The summed E-state index contributed by atoms with van der Waals surface area (Å²) in [7, 11) is 3.65. The number of ether oxygens (including phenoxy) is 1. The zero-order valence-electron chi connectivity index (χ0n) is 15.3. The molecule has 0 aliphatic carbocycles.